The van der Waals surface area contributed by atoms with Crippen molar-refractivity contribution < 1.29 is 0 Å². The summed E-state index contributed by atoms with van der Waals surface area (Å²) in [7, 11) is 0. The Morgan fingerprint density at radius 2 is 2.00 bits per heavy atom. The molecule has 2 heteroatoms. The molecule has 1 aliphatic rings. The third-order valence-electron chi connectivity index (χ3n) is 1.63. The standard InChI is InChI=1S/C7H12N2/c8-4-1-7-2-5-9-6-3-7/h7,9H,2-3,5-6,8H2. The van der Waals surface area contributed by atoms with E-state index in [9.17, 15) is 0 Å². The molecule has 50 valence electrons. The fourth-order valence-corrected chi connectivity index (χ4v) is 1.08. The number of rotatable bonds is 0. The van der Waals surface area contributed by atoms with E-state index in [4.69, 9.17) is 5.73 Å². The molecule has 0 unspecified atom stereocenters. The monoisotopic (exact) mass is 124 g/mol. The highest BCUT2D eigenvalue weighted by Crippen LogP contribution is 2.08. The van der Waals surface area contributed by atoms with E-state index in [0.29, 0.717) is 5.92 Å². The smallest absolute Gasteiger partial charge is 0.0245 e. The van der Waals surface area contributed by atoms with Gasteiger partial charge in [0.05, 0.1) is 0 Å². The van der Waals surface area contributed by atoms with Gasteiger partial charge in [0.25, 0.3) is 0 Å². The van der Waals surface area contributed by atoms with Gasteiger partial charge in [-0.15, -0.1) is 0 Å². The Balaban J connectivity index is 2.28. The highest BCUT2D eigenvalue weighted by Gasteiger charge is 2.08. The molecule has 9 heavy (non-hydrogen) atoms. The lowest BCUT2D eigenvalue weighted by Gasteiger charge is -2.16. The molecule has 1 aliphatic heterocycles. The minimum absolute atomic E-state index is 0.552. The molecule has 0 aliphatic carbocycles. The molecule has 0 aromatic rings. The molecule has 1 heterocycles. The van der Waals surface area contributed by atoms with Gasteiger partial charge in [0.1, 0.15) is 0 Å². The lowest BCUT2D eigenvalue weighted by Crippen LogP contribution is -2.27. The molecule has 0 atom stereocenters. The summed E-state index contributed by atoms with van der Waals surface area (Å²) >= 11 is 0. The van der Waals surface area contributed by atoms with E-state index in [0.717, 1.165) is 25.9 Å². The molecule has 0 spiro atoms. The van der Waals surface area contributed by atoms with Crippen molar-refractivity contribution in [1.82, 2.24) is 5.32 Å². The van der Waals surface area contributed by atoms with Crippen LogP contribution in [0, 0.1) is 17.9 Å². The molecule has 0 amide bonds. The lowest BCUT2D eigenvalue weighted by atomic mass is 9.99. The fourth-order valence-electron chi connectivity index (χ4n) is 1.08. The normalized spacial score (nSPS) is 20.4. The van der Waals surface area contributed by atoms with Crippen LogP contribution >= 0.6 is 0 Å². The molecule has 0 aromatic carbocycles. The predicted molar refractivity (Wildman–Crippen MR) is 37.6 cm³/mol. The zero-order chi connectivity index (χ0) is 6.53. The molecule has 0 aromatic heterocycles. The van der Waals surface area contributed by atoms with E-state index in [1.807, 2.05) is 0 Å². The predicted octanol–water partition coefficient (Wildman–Crippen LogP) is -0.0944. The van der Waals surface area contributed by atoms with Crippen LogP contribution in [0.2, 0.25) is 0 Å². The van der Waals surface area contributed by atoms with Gasteiger partial charge < -0.3 is 11.1 Å². The second kappa shape index (κ2) is 3.37. The van der Waals surface area contributed by atoms with Gasteiger partial charge >= 0.3 is 0 Å². The molecule has 3 N–H and O–H groups in total. The Hall–Kier alpha value is -0.680. The summed E-state index contributed by atoms with van der Waals surface area (Å²) < 4.78 is 0. The molecule has 1 fully saturated rings. The molecule has 1 rings (SSSR count). The molecular formula is C7H12N2. The van der Waals surface area contributed by atoms with Crippen molar-refractivity contribution in [1.29, 1.82) is 0 Å². The highest BCUT2D eigenvalue weighted by molar-refractivity contribution is 5.01. The molecule has 2 nitrogen and oxygen atoms in total. The van der Waals surface area contributed by atoms with E-state index in [2.05, 4.69) is 17.3 Å². The van der Waals surface area contributed by atoms with Gasteiger partial charge in [-0.3, -0.25) is 0 Å². The van der Waals surface area contributed by atoms with Crippen molar-refractivity contribution in [3.8, 4) is 12.0 Å². The van der Waals surface area contributed by atoms with Crippen LogP contribution in [0.25, 0.3) is 0 Å². The lowest BCUT2D eigenvalue weighted by molar-refractivity contribution is 0.447. The van der Waals surface area contributed by atoms with Crippen molar-refractivity contribution in [2.45, 2.75) is 12.8 Å². The van der Waals surface area contributed by atoms with E-state index >= 15 is 0 Å². The summed E-state index contributed by atoms with van der Waals surface area (Å²) in [5, 5.41) is 3.26. The average molecular weight is 124 g/mol. The first kappa shape index (κ1) is 6.44. The Bertz CT molecular complexity index is 126. The van der Waals surface area contributed by atoms with Gasteiger partial charge in [0.15, 0.2) is 0 Å². The van der Waals surface area contributed by atoms with Crippen LogP contribution in [-0.4, -0.2) is 13.1 Å². The van der Waals surface area contributed by atoms with Gasteiger partial charge in [0.2, 0.25) is 0 Å². The summed E-state index contributed by atoms with van der Waals surface area (Å²) in [6.07, 6.45) is 2.31. The van der Waals surface area contributed by atoms with Crippen molar-refractivity contribution >= 4 is 0 Å². The number of hydrogen-bond donors (Lipinski definition) is 2. The summed E-state index contributed by atoms with van der Waals surface area (Å²) in [6, 6.07) is 2.46. The summed E-state index contributed by atoms with van der Waals surface area (Å²) in [4.78, 5) is 0. The van der Waals surface area contributed by atoms with E-state index in [1.165, 1.54) is 0 Å². The third-order valence-corrected chi connectivity index (χ3v) is 1.63. The topological polar surface area (TPSA) is 38.0 Å². The largest absolute Gasteiger partial charge is 0.359 e. The van der Waals surface area contributed by atoms with Crippen molar-refractivity contribution in [3.05, 3.63) is 0 Å². The van der Waals surface area contributed by atoms with Crippen LogP contribution in [-0.2, 0) is 0 Å². The van der Waals surface area contributed by atoms with Crippen molar-refractivity contribution in [2.75, 3.05) is 13.1 Å². The Labute approximate surface area is 55.8 Å². The summed E-state index contributed by atoms with van der Waals surface area (Å²) in [6.45, 7) is 2.19. The average Bonchev–Trinajstić information content (AvgIpc) is 1.91. The first-order valence-corrected chi connectivity index (χ1v) is 3.35. The van der Waals surface area contributed by atoms with Crippen LogP contribution in [0.4, 0.5) is 0 Å². The number of hydrogen-bond acceptors (Lipinski definition) is 2. The second-order valence-electron chi connectivity index (χ2n) is 2.31. The minimum atomic E-state index is 0.552. The number of nitrogens with two attached hydrogens (primary N) is 1. The first-order valence-electron chi connectivity index (χ1n) is 3.35. The van der Waals surface area contributed by atoms with Gasteiger partial charge in [0, 0.05) is 12.0 Å². The maximum absolute atomic E-state index is 5.08. The summed E-state index contributed by atoms with van der Waals surface area (Å²) in [5.74, 6) is 3.52. The van der Waals surface area contributed by atoms with Crippen molar-refractivity contribution in [3.63, 3.8) is 0 Å². The van der Waals surface area contributed by atoms with Gasteiger partial charge in [-0.05, 0) is 25.9 Å². The van der Waals surface area contributed by atoms with Crippen LogP contribution in [0.1, 0.15) is 12.8 Å². The second-order valence-corrected chi connectivity index (χ2v) is 2.31. The number of nitrogens with one attached hydrogen (secondary N) is 1. The molecule has 0 radical (unpaired) electrons. The Morgan fingerprint density at radius 1 is 1.33 bits per heavy atom. The molecule has 1 saturated heterocycles. The van der Waals surface area contributed by atoms with E-state index in [1.54, 1.807) is 0 Å². The van der Waals surface area contributed by atoms with E-state index < -0.39 is 0 Å². The maximum atomic E-state index is 5.08. The molecule has 0 bridgehead atoms. The quantitative estimate of drug-likeness (QED) is 0.350. The van der Waals surface area contributed by atoms with Gasteiger partial charge in [-0.1, -0.05) is 5.92 Å². The zero-order valence-electron chi connectivity index (χ0n) is 5.48. The van der Waals surface area contributed by atoms with E-state index in [-0.39, 0.29) is 0 Å². The van der Waals surface area contributed by atoms with Gasteiger partial charge in [-0.2, -0.15) is 0 Å². The zero-order valence-corrected chi connectivity index (χ0v) is 5.48. The molecule has 0 saturated carbocycles. The third kappa shape index (κ3) is 1.95. The summed E-state index contributed by atoms with van der Waals surface area (Å²) in [5.41, 5.74) is 5.08. The van der Waals surface area contributed by atoms with Crippen LogP contribution in [0.5, 0.6) is 0 Å². The maximum Gasteiger partial charge on any atom is 0.0245 e. The number of piperidine rings is 1. The fraction of sp³-hybridized carbons (Fsp3) is 0.714. The highest BCUT2D eigenvalue weighted by atomic mass is 14.9. The SMILES string of the molecule is NC#CC1CCNCC1. The van der Waals surface area contributed by atoms with Crippen molar-refractivity contribution in [2.24, 2.45) is 11.7 Å². The van der Waals surface area contributed by atoms with Crippen LogP contribution < -0.4 is 11.1 Å². The van der Waals surface area contributed by atoms with Crippen LogP contribution in [0.15, 0.2) is 0 Å². The minimum Gasteiger partial charge on any atom is -0.359 e. The van der Waals surface area contributed by atoms with Gasteiger partial charge in [-0.25, -0.2) is 0 Å². The molecular weight excluding hydrogens is 112 g/mol. The Morgan fingerprint density at radius 3 is 2.56 bits per heavy atom. The Kier molecular flexibility index (Phi) is 2.41. The first-order chi connectivity index (χ1) is 4.43. The van der Waals surface area contributed by atoms with Crippen LogP contribution in [0.3, 0.4) is 0 Å².